The molecule has 2 heterocycles. The van der Waals surface area contributed by atoms with Crippen molar-refractivity contribution in [3.63, 3.8) is 0 Å². The molecule has 5 rings (SSSR count). The van der Waals surface area contributed by atoms with Gasteiger partial charge in [-0.3, -0.25) is 24.6 Å². The maximum Gasteiger partial charge on any atom is 0.325 e. The Hall–Kier alpha value is -4.57. The van der Waals surface area contributed by atoms with Crippen LogP contribution in [0.15, 0.2) is 78.3 Å². The summed E-state index contributed by atoms with van der Waals surface area (Å²) in [5.74, 6) is -1.37. The van der Waals surface area contributed by atoms with Crippen molar-refractivity contribution in [3.8, 4) is 0 Å². The standard InChI is InChI=1S/C26H21N5O4S/c1-26(19-9-6-16-4-2-3-5-18(16)14-19)23(34)31(25(35)30-26)15-21(32)28-20-10-7-17(8-11-20)22(33)29-24-27-12-13-36-24/h2-14H,15H2,1H3,(H,28,32)(H,30,35)(H,27,29,33). The first-order valence-electron chi connectivity index (χ1n) is 11.1. The highest BCUT2D eigenvalue weighted by atomic mass is 32.1. The molecule has 36 heavy (non-hydrogen) atoms. The van der Waals surface area contributed by atoms with Crippen LogP contribution in [0.2, 0.25) is 0 Å². The van der Waals surface area contributed by atoms with Crippen LogP contribution >= 0.6 is 11.3 Å². The van der Waals surface area contributed by atoms with E-state index in [-0.39, 0.29) is 5.91 Å². The fourth-order valence-electron chi connectivity index (χ4n) is 4.04. The van der Waals surface area contributed by atoms with Crippen molar-refractivity contribution in [3.05, 3.63) is 89.4 Å². The molecule has 1 aliphatic heterocycles. The van der Waals surface area contributed by atoms with Crippen molar-refractivity contribution in [1.29, 1.82) is 0 Å². The quantitative estimate of drug-likeness (QED) is 0.347. The molecule has 4 aromatic rings. The minimum atomic E-state index is -1.28. The Morgan fingerprint density at radius 2 is 1.75 bits per heavy atom. The van der Waals surface area contributed by atoms with Crippen LogP contribution < -0.4 is 16.0 Å². The average Bonchev–Trinajstić information content (AvgIpc) is 3.46. The highest BCUT2D eigenvalue weighted by Crippen LogP contribution is 2.31. The Balaban J connectivity index is 1.24. The molecule has 9 nitrogen and oxygen atoms in total. The molecule has 1 atom stereocenters. The van der Waals surface area contributed by atoms with E-state index in [2.05, 4.69) is 20.9 Å². The molecule has 1 fully saturated rings. The number of fused-ring (bicyclic) bond motifs is 1. The van der Waals surface area contributed by atoms with Crippen LogP contribution in [0, 0.1) is 0 Å². The van der Waals surface area contributed by atoms with E-state index in [1.54, 1.807) is 48.8 Å². The minimum Gasteiger partial charge on any atom is -0.325 e. The van der Waals surface area contributed by atoms with E-state index in [9.17, 15) is 19.2 Å². The summed E-state index contributed by atoms with van der Waals surface area (Å²) in [6.45, 7) is 1.19. The highest BCUT2D eigenvalue weighted by Gasteiger charge is 2.49. The Kier molecular flexibility index (Phi) is 5.95. The van der Waals surface area contributed by atoms with Crippen LogP contribution in [0.1, 0.15) is 22.8 Å². The monoisotopic (exact) mass is 499 g/mol. The van der Waals surface area contributed by atoms with Gasteiger partial charge in [-0.15, -0.1) is 11.3 Å². The lowest BCUT2D eigenvalue weighted by Gasteiger charge is -2.22. The van der Waals surface area contributed by atoms with Crippen LogP contribution in [0.5, 0.6) is 0 Å². The number of imide groups is 1. The third kappa shape index (κ3) is 4.41. The van der Waals surface area contributed by atoms with Gasteiger partial charge in [-0.05, 0) is 53.6 Å². The zero-order valence-electron chi connectivity index (χ0n) is 19.1. The molecule has 5 amide bonds. The van der Waals surface area contributed by atoms with Crippen LogP contribution in [0.4, 0.5) is 15.6 Å². The summed E-state index contributed by atoms with van der Waals surface area (Å²) >= 11 is 1.31. The van der Waals surface area contributed by atoms with Gasteiger partial charge in [0.15, 0.2) is 5.13 Å². The lowest BCUT2D eigenvalue weighted by Crippen LogP contribution is -2.42. The number of aromatic nitrogens is 1. The molecule has 0 spiro atoms. The van der Waals surface area contributed by atoms with Gasteiger partial charge in [0.1, 0.15) is 12.1 Å². The number of benzene rings is 3. The summed E-state index contributed by atoms with van der Waals surface area (Å²) in [4.78, 5) is 55.7. The second-order valence-corrected chi connectivity index (χ2v) is 9.32. The van der Waals surface area contributed by atoms with Gasteiger partial charge in [-0.2, -0.15) is 0 Å². The van der Waals surface area contributed by atoms with Crippen LogP contribution in [-0.2, 0) is 15.1 Å². The molecule has 1 unspecified atom stereocenters. The Morgan fingerprint density at radius 3 is 2.47 bits per heavy atom. The van der Waals surface area contributed by atoms with Gasteiger partial charge in [0.2, 0.25) is 5.91 Å². The van der Waals surface area contributed by atoms with Crippen molar-refractivity contribution in [2.75, 3.05) is 17.2 Å². The number of thiazole rings is 1. The molecule has 1 saturated heterocycles. The zero-order chi connectivity index (χ0) is 25.3. The van der Waals surface area contributed by atoms with Gasteiger partial charge in [-0.1, -0.05) is 36.4 Å². The molecule has 0 saturated carbocycles. The molecule has 0 radical (unpaired) electrons. The number of nitrogens with zero attached hydrogens (tertiary/aromatic N) is 2. The molecule has 1 aromatic heterocycles. The topological polar surface area (TPSA) is 120 Å². The minimum absolute atomic E-state index is 0.324. The summed E-state index contributed by atoms with van der Waals surface area (Å²) in [5, 5.41) is 12.3. The second-order valence-electron chi connectivity index (χ2n) is 8.43. The van der Waals surface area contributed by atoms with E-state index in [0.717, 1.165) is 15.7 Å². The number of amides is 5. The number of nitrogens with one attached hydrogen (secondary N) is 3. The maximum atomic E-state index is 13.2. The SMILES string of the molecule is CC1(c2ccc3ccccc3c2)NC(=O)N(CC(=O)Nc2ccc(C(=O)Nc3nccs3)cc2)C1=O. The van der Waals surface area contributed by atoms with Crippen molar-refractivity contribution in [1.82, 2.24) is 15.2 Å². The number of anilines is 2. The summed E-state index contributed by atoms with van der Waals surface area (Å²) in [5.41, 5.74) is 0.168. The number of hydrogen-bond donors (Lipinski definition) is 3. The number of carbonyl (C=O) groups is 4. The maximum absolute atomic E-state index is 13.2. The molecule has 1 aliphatic rings. The molecular formula is C26H21N5O4S. The molecule has 180 valence electrons. The third-order valence-corrected chi connectivity index (χ3v) is 6.68. The fourth-order valence-corrected chi connectivity index (χ4v) is 4.56. The Morgan fingerprint density at radius 1 is 1.00 bits per heavy atom. The average molecular weight is 500 g/mol. The van der Waals surface area contributed by atoms with E-state index in [1.807, 2.05) is 36.4 Å². The van der Waals surface area contributed by atoms with Gasteiger partial charge in [0.05, 0.1) is 0 Å². The summed E-state index contributed by atoms with van der Waals surface area (Å²) < 4.78 is 0. The summed E-state index contributed by atoms with van der Waals surface area (Å²) in [7, 11) is 0. The van der Waals surface area contributed by atoms with Gasteiger partial charge in [0.25, 0.3) is 11.8 Å². The molecule has 3 aromatic carbocycles. The van der Waals surface area contributed by atoms with Crippen LogP contribution in [-0.4, -0.2) is 40.2 Å². The highest BCUT2D eigenvalue weighted by molar-refractivity contribution is 7.13. The lowest BCUT2D eigenvalue weighted by atomic mass is 9.90. The normalized spacial score (nSPS) is 17.2. The Bertz CT molecular complexity index is 1490. The van der Waals surface area contributed by atoms with Gasteiger partial charge < -0.3 is 10.6 Å². The van der Waals surface area contributed by atoms with Crippen molar-refractivity contribution in [2.24, 2.45) is 0 Å². The Labute approximate surface area is 210 Å². The number of carbonyl (C=O) groups excluding carboxylic acids is 4. The lowest BCUT2D eigenvalue weighted by molar-refractivity contribution is -0.133. The van der Waals surface area contributed by atoms with E-state index < -0.39 is 29.9 Å². The molecular weight excluding hydrogens is 478 g/mol. The first kappa shape index (κ1) is 23.2. The van der Waals surface area contributed by atoms with Gasteiger partial charge >= 0.3 is 6.03 Å². The summed E-state index contributed by atoms with van der Waals surface area (Å²) in [6.07, 6.45) is 1.59. The predicted octanol–water partition coefficient (Wildman–Crippen LogP) is 3.95. The zero-order valence-corrected chi connectivity index (χ0v) is 20.0. The number of urea groups is 1. The predicted molar refractivity (Wildman–Crippen MR) is 137 cm³/mol. The molecule has 10 heteroatoms. The van der Waals surface area contributed by atoms with Crippen molar-refractivity contribution < 1.29 is 19.2 Å². The van der Waals surface area contributed by atoms with Gasteiger partial charge in [0, 0.05) is 22.8 Å². The molecule has 0 bridgehead atoms. The van der Waals surface area contributed by atoms with E-state index in [0.29, 0.717) is 21.9 Å². The first-order valence-corrected chi connectivity index (χ1v) is 12.0. The largest absolute Gasteiger partial charge is 0.325 e. The van der Waals surface area contributed by atoms with E-state index >= 15 is 0 Å². The van der Waals surface area contributed by atoms with E-state index in [4.69, 9.17) is 0 Å². The smallest absolute Gasteiger partial charge is 0.325 e. The van der Waals surface area contributed by atoms with E-state index in [1.165, 1.54) is 11.3 Å². The van der Waals surface area contributed by atoms with Gasteiger partial charge in [-0.25, -0.2) is 9.78 Å². The van der Waals surface area contributed by atoms with Crippen LogP contribution in [0.3, 0.4) is 0 Å². The molecule has 3 N–H and O–H groups in total. The molecule has 0 aliphatic carbocycles. The fraction of sp³-hybridized carbons (Fsp3) is 0.115. The number of hydrogen-bond acceptors (Lipinski definition) is 6. The van der Waals surface area contributed by atoms with Crippen molar-refractivity contribution in [2.45, 2.75) is 12.5 Å². The summed E-state index contributed by atoms with van der Waals surface area (Å²) in [6, 6.07) is 18.9. The third-order valence-electron chi connectivity index (χ3n) is 5.99. The van der Waals surface area contributed by atoms with Crippen LogP contribution in [0.25, 0.3) is 10.8 Å². The number of rotatable bonds is 6. The second kappa shape index (κ2) is 9.23. The van der Waals surface area contributed by atoms with Crippen molar-refractivity contribution >= 4 is 56.7 Å². The first-order chi connectivity index (χ1) is 17.3.